The molecule has 0 bridgehead atoms. The van der Waals surface area contributed by atoms with Gasteiger partial charge in [0.1, 0.15) is 0 Å². The zero-order chi connectivity index (χ0) is 19.0. The van der Waals surface area contributed by atoms with E-state index in [0.29, 0.717) is 18.1 Å². The maximum Gasteiger partial charge on any atom is 0.305 e. The van der Waals surface area contributed by atoms with Crippen LogP contribution >= 0.6 is 11.6 Å². The van der Waals surface area contributed by atoms with E-state index in [-0.39, 0.29) is 16.9 Å². The zero-order valence-corrected chi connectivity index (χ0v) is 16.7. The van der Waals surface area contributed by atoms with E-state index in [4.69, 9.17) is 16.3 Å². The molecule has 0 spiro atoms. The summed E-state index contributed by atoms with van der Waals surface area (Å²) in [6.45, 7) is 4.87. The third-order valence-electron chi connectivity index (χ3n) is 4.44. The Balaban J connectivity index is 1.69. The topological polar surface area (TPSA) is 75.7 Å². The Morgan fingerprint density at radius 3 is 2.50 bits per heavy atom. The molecule has 1 heterocycles. The molecule has 1 fully saturated rings. The van der Waals surface area contributed by atoms with Crippen LogP contribution < -0.4 is 4.72 Å². The summed E-state index contributed by atoms with van der Waals surface area (Å²) in [5.74, 6) is -0.136. The van der Waals surface area contributed by atoms with Crippen molar-refractivity contribution in [2.24, 2.45) is 0 Å². The average molecular weight is 403 g/mol. The van der Waals surface area contributed by atoms with Crippen LogP contribution in [0.2, 0.25) is 5.02 Å². The highest BCUT2D eigenvalue weighted by molar-refractivity contribution is 7.89. The number of nitrogens with one attached hydrogen (secondary N) is 1. The summed E-state index contributed by atoms with van der Waals surface area (Å²) in [6.07, 6.45) is 3.79. The number of likely N-dealkylation sites (tertiary alicyclic amines) is 1. The van der Waals surface area contributed by atoms with E-state index in [9.17, 15) is 13.2 Å². The monoisotopic (exact) mass is 402 g/mol. The van der Waals surface area contributed by atoms with Crippen LogP contribution in [0.15, 0.2) is 29.2 Å². The number of carbonyl (C=O) groups excluding carboxylic acids is 1. The molecule has 6 nitrogen and oxygen atoms in total. The van der Waals surface area contributed by atoms with Crippen molar-refractivity contribution >= 4 is 27.6 Å². The van der Waals surface area contributed by atoms with Gasteiger partial charge in [0.2, 0.25) is 10.0 Å². The maximum absolute atomic E-state index is 12.4. The second kappa shape index (κ2) is 10.3. The summed E-state index contributed by atoms with van der Waals surface area (Å²) in [6, 6.07) is 6.14. The highest BCUT2D eigenvalue weighted by Gasteiger charge is 2.24. The Labute approximate surface area is 160 Å². The van der Waals surface area contributed by atoms with Gasteiger partial charge in [-0.3, -0.25) is 4.79 Å². The number of hydrogen-bond acceptors (Lipinski definition) is 5. The van der Waals surface area contributed by atoms with Crippen molar-refractivity contribution in [3.8, 4) is 0 Å². The lowest BCUT2D eigenvalue weighted by atomic mass is 10.1. The first-order chi connectivity index (χ1) is 12.4. The van der Waals surface area contributed by atoms with E-state index in [0.717, 1.165) is 45.3 Å². The molecule has 8 heteroatoms. The van der Waals surface area contributed by atoms with Crippen molar-refractivity contribution < 1.29 is 17.9 Å². The van der Waals surface area contributed by atoms with Gasteiger partial charge in [-0.25, -0.2) is 13.1 Å². The SMILES string of the molecule is CCOC(=O)CCCCN1CCC(NS(=O)(=O)c2ccc(Cl)cc2)CC1. The van der Waals surface area contributed by atoms with Gasteiger partial charge in [0.05, 0.1) is 11.5 Å². The largest absolute Gasteiger partial charge is 0.466 e. The van der Waals surface area contributed by atoms with Gasteiger partial charge in [0.25, 0.3) is 0 Å². The van der Waals surface area contributed by atoms with Gasteiger partial charge >= 0.3 is 5.97 Å². The molecule has 0 atom stereocenters. The van der Waals surface area contributed by atoms with Gasteiger partial charge in [0.15, 0.2) is 0 Å². The number of carbonyl (C=O) groups is 1. The fourth-order valence-electron chi connectivity index (χ4n) is 3.01. The molecule has 2 rings (SSSR count). The molecule has 1 aromatic rings. The molecule has 1 aliphatic rings. The number of rotatable bonds is 9. The Bertz CT molecular complexity index is 671. The molecular weight excluding hydrogens is 376 g/mol. The lowest BCUT2D eigenvalue weighted by molar-refractivity contribution is -0.143. The van der Waals surface area contributed by atoms with Crippen molar-refractivity contribution in [3.63, 3.8) is 0 Å². The van der Waals surface area contributed by atoms with Gasteiger partial charge in [-0.1, -0.05) is 11.6 Å². The Morgan fingerprint density at radius 2 is 1.88 bits per heavy atom. The predicted molar refractivity (Wildman–Crippen MR) is 102 cm³/mol. The number of hydrogen-bond donors (Lipinski definition) is 1. The third kappa shape index (κ3) is 6.87. The van der Waals surface area contributed by atoms with Gasteiger partial charge < -0.3 is 9.64 Å². The third-order valence-corrected chi connectivity index (χ3v) is 6.23. The van der Waals surface area contributed by atoms with Crippen LogP contribution in [-0.2, 0) is 19.6 Å². The van der Waals surface area contributed by atoms with Gasteiger partial charge in [-0.2, -0.15) is 0 Å². The molecule has 26 heavy (non-hydrogen) atoms. The molecule has 0 unspecified atom stereocenters. The summed E-state index contributed by atoms with van der Waals surface area (Å²) >= 11 is 5.81. The first kappa shape index (κ1) is 21.2. The summed E-state index contributed by atoms with van der Waals surface area (Å²) in [5.41, 5.74) is 0. The smallest absolute Gasteiger partial charge is 0.305 e. The lowest BCUT2D eigenvalue weighted by Gasteiger charge is -2.32. The summed E-state index contributed by atoms with van der Waals surface area (Å²) in [4.78, 5) is 13.9. The highest BCUT2D eigenvalue weighted by atomic mass is 35.5. The molecule has 146 valence electrons. The normalized spacial score (nSPS) is 16.5. The number of unbranched alkanes of at least 4 members (excludes halogenated alkanes) is 1. The van der Waals surface area contributed by atoms with Crippen LogP contribution in [0.4, 0.5) is 0 Å². The van der Waals surface area contributed by atoms with Crippen LogP contribution in [0.25, 0.3) is 0 Å². The molecule has 0 saturated carbocycles. The molecule has 0 amide bonds. The van der Waals surface area contributed by atoms with Gasteiger partial charge in [-0.15, -0.1) is 0 Å². The minimum Gasteiger partial charge on any atom is -0.466 e. The second-order valence-corrected chi connectivity index (χ2v) is 8.60. The standard InChI is InChI=1S/C18H27ClN2O4S/c1-2-25-18(22)5-3-4-12-21-13-10-16(11-14-21)20-26(23,24)17-8-6-15(19)7-9-17/h6-9,16,20H,2-5,10-14H2,1H3. The van der Waals surface area contributed by atoms with Crippen molar-refractivity contribution in [2.75, 3.05) is 26.2 Å². The summed E-state index contributed by atoms with van der Waals surface area (Å²) in [5, 5.41) is 0.514. The molecule has 1 aliphatic heterocycles. The number of ether oxygens (including phenoxy) is 1. The molecule has 1 N–H and O–H groups in total. The quantitative estimate of drug-likeness (QED) is 0.507. The average Bonchev–Trinajstić information content (AvgIpc) is 2.60. The fourth-order valence-corrected chi connectivity index (χ4v) is 4.44. The van der Waals surface area contributed by atoms with Crippen LogP contribution in [0.5, 0.6) is 0 Å². The Kier molecular flexibility index (Phi) is 8.34. The lowest BCUT2D eigenvalue weighted by Crippen LogP contribution is -2.44. The van der Waals surface area contributed by atoms with Crippen LogP contribution in [0.1, 0.15) is 39.0 Å². The van der Waals surface area contributed by atoms with Crippen LogP contribution in [0, 0.1) is 0 Å². The van der Waals surface area contributed by atoms with Crippen molar-refractivity contribution in [1.29, 1.82) is 0 Å². The molecule has 0 aromatic heterocycles. The van der Waals surface area contributed by atoms with Gasteiger partial charge in [-0.05, 0) is 76.5 Å². The fraction of sp³-hybridized carbons (Fsp3) is 0.611. The van der Waals surface area contributed by atoms with E-state index in [1.807, 2.05) is 6.92 Å². The van der Waals surface area contributed by atoms with Crippen LogP contribution in [0.3, 0.4) is 0 Å². The van der Waals surface area contributed by atoms with Crippen molar-refractivity contribution in [1.82, 2.24) is 9.62 Å². The number of esters is 1. The second-order valence-electron chi connectivity index (χ2n) is 6.45. The Hall–Kier alpha value is -1.15. The van der Waals surface area contributed by atoms with Gasteiger partial charge in [0, 0.05) is 17.5 Å². The minimum absolute atomic E-state index is 0.0496. The van der Waals surface area contributed by atoms with Crippen molar-refractivity contribution in [3.05, 3.63) is 29.3 Å². The van der Waals surface area contributed by atoms with E-state index in [2.05, 4.69) is 9.62 Å². The van der Waals surface area contributed by atoms with E-state index in [1.54, 1.807) is 12.1 Å². The van der Waals surface area contributed by atoms with E-state index in [1.165, 1.54) is 12.1 Å². The number of nitrogens with zero attached hydrogens (tertiary/aromatic N) is 1. The number of halogens is 1. The van der Waals surface area contributed by atoms with E-state index >= 15 is 0 Å². The van der Waals surface area contributed by atoms with E-state index < -0.39 is 10.0 Å². The highest BCUT2D eigenvalue weighted by Crippen LogP contribution is 2.17. The Morgan fingerprint density at radius 1 is 1.23 bits per heavy atom. The number of benzene rings is 1. The summed E-state index contributed by atoms with van der Waals surface area (Å²) in [7, 11) is -3.51. The van der Waals surface area contributed by atoms with Crippen LogP contribution in [-0.4, -0.2) is 51.6 Å². The molecule has 0 radical (unpaired) electrons. The molecular formula is C18H27ClN2O4S. The molecule has 1 saturated heterocycles. The molecule has 1 aromatic carbocycles. The maximum atomic E-state index is 12.4. The minimum atomic E-state index is -3.51. The first-order valence-electron chi connectivity index (χ1n) is 9.06. The first-order valence-corrected chi connectivity index (χ1v) is 10.9. The molecule has 0 aliphatic carbocycles. The number of piperidine rings is 1. The number of sulfonamides is 1. The predicted octanol–water partition coefficient (Wildman–Crippen LogP) is 2.82. The summed E-state index contributed by atoms with van der Waals surface area (Å²) < 4.78 is 32.5. The van der Waals surface area contributed by atoms with Crippen molar-refractivity contribution in [2.45, 2.75) is 50.0 Å². The zero-order valence-electron chi connectivity index (χ0n) is 15.1.